The molecule has 0 spiro atoms. The summed E-state index contributed by atoms with van der Waals surface area (Å²) in [4.78, 5) is 17.3. The number of nitrogens with zero attached hydrogens (tertiary/aromatic N) is 2. The van der Waals surface area contributed by atoms with Gasteiger partial charge in [-0.1, -0.05) is 6.07 Å². The lowest BCUT2D eigenvalue weighted by Crippen LogP contribution is -2.25. The summed E-state index contributed by atoms with van der Waals surface area (Å²) in [5, 5.41) is 2.97. The molecule has 2 rings (SSSR count). The monoisotopic (exact) mass is 289 g/mol. The maximum Gasteiger partial charge on any atom is 0.251 e. The Hall–Kier alpha value is -1.75. The highest BCUT2D eigenvalue weighted by atomic mass is 32.2. The maximum absolute atomic E-state index is 12.2. The Morgan fingerprint density at radius 2 is 2.30 bits per heavy atom. The van der Waals surface area contributed by atoms with Crippen LogP contribution in [-0.2, 0) is 6.54 Å². The molecule has 0 aliphatic rings. The van der Waals surface area contributed by atoms with E-state index in [0.29, 0.717) is 6.54 Å². The van der Waals surface area contributed by atoms with Gasteiger partial charge >= 0.3 is 0 Å². The molecule has 1 heterocycles. The fourth-order valence-corrected chi connectivity index (χ4v) is 2.39. The fourth-order valence-electron chi connectivity index (χ4n) is 1.95. The van der Waals surface area contributed by atoms with Gasteiger partial charge in [-0.05, 0) is 37.3 Å². The van der Waals surface area contributed by atoms with Crippen molar-refractivity contribution >= 4 is 17.7 Å². The van der Waals surface area contributed by atoms with Crippen LogP contribution in [0.4, 0.5) is 0 Å². The van der Waals surface area contributed by atoms with Gasteiger partial charge in [0.05, 0.1) is 6.33 Å². The quantitative estimate of drug-likeness (QED) is 0.657. The minimum absolute atomic E-state index is 0.00373. The summed E-state index contributed by atoms with van der Waals surface area (Å²) in [6.45, 7) is 3.49. The molecule has 20 heavy (non-hydrogen) atoms. The van der Waals surface area contributed by atoms with Crippen molar-refractivity contribution in [2.24, 2.45) is 0 Å². The Bertz CT molecular complexity index is 567. The molecular weight excluding hydrogens is 270 g/mol. The average Bonchev–Trinajstić information content (AvgIpc) is 2.97. The van der Waals surface area contributed by atoms with Crippen LogP contribution in [0.1, 0.15) is 22.3 Å². The Labute approximate surface area is 123 Å². The van der Waals surface area contributed by atoms with Gasteiger partial charge in [0.2, 0.25) is 0 Å². The first-order valence-corrected chi connectivity index (χ1v) is 7.82. The minimum Gasteiger partial charge on any atom is -0.352 e. The predicted octanol–water partition coefficient (Wildman–Crippen LogP) is 2.73. The van der Waals surface area contributed by atoms with E-state index in [4.69, 9.17) is 0 Å². The Balaban J connectivity index is 1.85. The van der Waals surface area contributed by atoms with Crippen LogP contribution in [0.15, 0.2) is 41.8 Å². The number of carbonyl (C=O) groups excluding carboxylic acids is 1. The van der Waals surface area contributed by atoms with Crippen LogP contribution in [0, 0.1) is 6.92 Å². The summed E-state index contributed by atoms with van der Waals surface area (Å²) >= 11 is 1.65. The molecule has 0 saturated heterocycles. The number of carbonyl (C=O) groups is 1. The number of imidazole rings is 1. The second-order valence-corrected chi connectivity index (χ2v) is 5.47. The molecule has 0 unspecified atom stereocenters. The van der Waals surface area contributed by atoms with Crippen molar-refractivity contribution in [3.63, 3.8) is 0 Å². The van der Waals surface area contributed by atoms with Crippen molar-refractivity contribution < 1.29 is 4.79 Å². The molecule has 0 radical (unpaired) electrons. The first-order chi connectivity index (χ1) is 9.70. The Morgan fingerprint density at radius 3 is 3.00 bits per heavy atom. The molecule has 1 aromatic heterocycles. The zero-order valence-electron chi connectivity index (χ0n) is 11.8. The Kier molecular flexibility index (Phi) is 5.24. The van der Waals surface area contributed by atoms with Gasteiger partial charge in [-0.15, -0.1) is 11.8 Å². The van der Waals surface area contributed by atoms with Gasteiger partial charge in [-0.2, -0.15) is 0 Å². The molecule has 0 fully saturated rings. The van der Waals surface area contributed by atoms with Crippen LogP contribution in [-0.4, -0.2) is 28.3 Å². The standard InChI is InChI=1S/C15H19N3OS/c1-12-4-5-13(20-2)10-14(12)15(19)17-6-3-8-18-9-7-16-11-18/h4-5,7,9-11H,3,6,8H2,1-2H3,(H,17,19). The molecule has 0 bridgehead atoms. The smallest absolute Gasteiger partial charge is 0.251 e. The molecule has 1 amide bonds. The highest BCUT2D eigenvalue weighted by molar-refractivity contribution is 7.98. The summed E-state index contributed by atoms with van der Waals surface area (Å²) < 4.78 is 2.01. The van der Waals surface area contributed by atoms with Gasteiger partial charge in [-0.25, -0.2) is 4.98 Å². The number of nitrogens with one attached hydrogen (secondary N) is 1. The third kappa shape index (κ3) is 3.87. The van der Waals surface area contributed by atoms with Crippen LogP contribution in [0.25, 0.3) is 0 Å². The lowest BCUT2D eigenvalue weighted by Gasteiger charge is -2.09. The molecule has 5 heteroatoms. The van der Waals surface area contributed by atoms with E-state index >= 15 is 0 Å². The van der Waals surface area contributed by atoms with Crippen LogP contribution in [0.5, 0.6) is 0 Å². The van der Waals surface area contributed by atoms with E-state index in [0.717, 1.165) is 29.0 Å². The Morgan fingerprint density at radius 1 is 1.45 bits per heavy atom. The van der Waals surface area contributed by atoms with E-state index in [1.165, 1.54) is 0 Å². The summed E-state index contributed by atoms with van der Waals surface area (Å²) in [5.41, 5.74) is 1.77. The third-order valence-electron chi connectivity index (χ3n) is 3.13. The number of aromatic nitrogens is 2. The summed E-state index contributed by atoms with van der Waals surface area (Å²) in [7, 11) is 0. The predicted molar refractivity (Wildman–Crippen MR) is 82.1 cm³/mol. The number of thioether (sulfide) groups is 1. The van der Waals surface area contributed by atoms with Crippen LogP contribution < -0.4 is 5.32 Å². The minimum atomic E-state index is 0.00373. The zero-order chi connectivity index (χ0) is 14.4. The molecule has 106 valence electrons. The van der Waals surface area contributed by atoms with Gasteiger partial charge < -0.3 is 9.88 Å². The number of hydrogen-bond acceptors (Lipinski definition) is 3. The van der Waals surface area contributed by atoms with E-state index in [2.05, 4.69) is 10.3 Å². The van der Waals surface area contributed by atoms with E-state index in [1.54, 1.807) is 24.3 Å². The number of rotatable bonds is 6. The summed E-state index contributed by atoms with van der Waals surface area (Å²) in [6, 6.07) is 5.98. The van der Waals surface area contributed by atoms with E-state index in [9.17, 15) is 4.79 Å². The van der Waals surface area contributed by atoms with Gasteiger partial charge in [0, 0.05) is 35.9 Å². The topological polar surface area (TPSA) is 46.9 Å². The molecule has 0 atom stereocenters. The second kappa shape index (κ2) is 7.14. The molecule has 0 aliphatic heterocycles. The molecule has 0 aliphatic carbocycles. The van der Waals surface area contributed by atoms with E-state index in [1.807, 2.05) is 42.1 Å². The number of hydrogen-bond donors (Lipinski definition) is 1. The van der Waals surface area contributed by atoms with Gasteiger partial charge in [0.1, 0.15) is 0 Å². The summed E-state index contributed by atoms with van der Waals surface area (Å²) in [5.74, 6) is 0.00373. The number of benzene rings is 1. The van der Waals surface area contributed by atoms with E-state index in [-0.39, 0.29) is 5.91 Å². The van der Waals surface area contributed by atoms with Crippen molar-refractivity contribution in [2.45, 2.75) is 24.8 Å². The van der Waals surface area contributed by atoms with E-state index < -0.39 is 0 Å². The molecule has 4 nitrogen and oxygen atoms in total. The van der Waals surface area contributed by atoms with Crippen LogP contribution in [0.3, 0.4) is 0 Å². The second-order valence-electron chi connectivity index (χ2n) is 4.59. The highest BCUT2D eigenvalue weighted by Crippen LogP contribution is 2.18. The largest absolute Gasteiger partial charge is 0.352 e. The van der Waals surface area contributed by atoms with Gasteiger partial charge in [0.15, 0.2) is 0 Å². The van der Waals surface area contributed by atoms with Crippen LogP contribution >= 0.6 is 11.8 Å². The normalized spacial score (nSPS) is 10.5. The lowest BCUT2D eigenvalue weighted by molar-refractivity contribution is 0.0952. The molecule has 1 N–H and O–H groups in total. The molecule has 1 aromatic carbocycles. The maximum atomic E-state index is 12.2. The molecule has 2 aromatic rings. The summed E-state index contributed by atoms with van der Waals surface area (Å²) in [6.07, 6.45) is 8.37. The van der Waals surface area contributed by atoms with Crippen molar-refractivity contribution in [1.82, 2.24) is 14.9 Å². The van der Waals surface area contributed by atoms with Gasteiger partial charge in [-0.3, -0.25) is 4.79 Å². The third-order valence-corrected chi connectivity index (χ3v) is 3.85. The van der Waals surface area contributed by atoms with Crippen LogP contribution in [0.2, 0.25) is 0 Å². The number of amides is 1. The first kappa shape index (κ1) is 14.7. The lowest BCUT2D eigenvalue weighted by atomic mass is 10.1. The van der Waals surface area contributed by atoms with Crippen molar-refractivity contribution in [2.75, 3.05) is 12.8 Å². The zero-order valence-corrected chi connectivity index (χ0v) is 12.6. The van der Waals surface area contributed by atoms with Crippen molar-refractivity contribution in [1.29, 1.82) is 0 Å². The molecule has 0 saturated carbocycles. The molecular formula is C15H19N3OS. The van der Waals surface area contributed by atoms with Crippen molar-refractivity contribution in [3.8, 4) is 0 Å². The highest BCUT2D eigenvalue weighted by Gasteiger charge is 2.09. The number of aryl methyl sites for hydroxylation is 2. The SMILES string of the molecule is CSc1ccc(C)c(C(=O)NCCCn2ccnc2)c1. The fraction of sp³-hybridized carbons (Fsp3) is 0.333. The van der Waals surface area contributed by atoms with Crippen molar-refractivity contribution in [3.05, 3.63) is 48.0 Å². The van der Waals surface area contributed by atoms with Gasteiger partial charge in [0.25, 0.3) is 5.91 Å². The first-order valence-electron chi connectivity index (χ1n) is 6.59. The average molecular weight is 289 g/mol.